The number of rotatable bonds is 7. The summed E-state index contributed by atoms with van der Waals surface area (Å²) in [5.74, 6) is -1.83. The van der Waals surface area contributed by atoms with Crippen molar-refractivity contribution in [2.24, 2.45) is 0 Å². The van der Waals surface area contributed by atoms with Crippen LogP contribution in [-0.2, 0) is 9.59 Å². The van der Waals surface area contributed by atoms with Gasteiger partial charge in [0, 0.05) is 12.3 Å². The molecule has 1 atom stereocenters. The summed E-state index contributed by atoms with van der Waals surface area (Å²) in [5.41, 5.74) is 4.92. The van der Waals surface area contributed by atoms with Gasteiger partial charge in [0.15, 0.2) is 0 Å². The topological polar surface area (TPSA) is 98.7 Å². The van der Waals surface area contributed by atoms with Gasteiger partial charge in [0.25, 0.3) is 0 Å². The molecule has 0 unspecified atom stereocenters. The highest BCUT2D eigenvalue weighted by molar-refractivity contribution is 7.80. The molecule has 0 aromatic carbocycles. The van der Waals surface area contributed by atoms with E-state index in [1.807, 2.05) is 0 Å². The van der Waals surface area contributed by atoms with E-state index in [0.29, 0.717) is 12.3 Å². The Balaban J connectivity index is 3.81. The van der Waals surface area contributed by atoms with Crippen molar-refractivity contribution in [1.29, 1.82) is 0 Å². The minimum absolute atomic E-state index is 0.463. The molecule has 0 spiro atoms. The Morgan fingerprint density at radius 1 is 1.38 bits per heavy atom. The maximum atomic E-state index is 10.4. The summed E-state index contributed by atoms with van der Waals surface area (Å²) >= 11 is 3.88. The number of hydrogen-bond donors (Lipinski definition) is 5. The van der Waals surface area contributed by atoms with Crippen LogP contribution in [0.5, 0.6) is 0 Å². The molecule has 0 saturated heterocycles. The molecule has 0 heterocycles. The number of hydrazine groups is 1. The Kier molecular flexibility index (Phi) is 6.29. The maximum Gasteiger partial charge on any atom is 0.322 e. The van der Waals surface area contributed by atoms with Crippen LogP contribution in [0.2, 0.25) is 0 Å². The van der Waals surface area contributed by atoms with Crippen LogP contribution in [0, 0.1) is 0 Å². The molecule has 0 aliphatic carbocycles. The molecule has 7 heteroatoms. The third-order valence-electron chi connectivity index (χ3n) is 1.19. The summed E-state index contributed by atoms with van der Waals surface area (Å²) in [6.07, 6.45) is -0.463. The number of carbonyl (C=O) groups is 2. The van der Waals surface area contributed by atoms with E-state index in [2.05, 4.69) is 23.5 Å². The molecule has 0 aromatic heterocycles. The zero-order chi connectivity index (χ0) is 10.3. The molecule has 13 heavy (non-hydrogen) atoms. The van der Waals surface area contributed by atoms with E-state index in [4.69, 9.17) is 10.2 Å². The molecule has 4 N–H and O–H groups in total. The molecule has 0 bridgehead atoms. The third kappa shape index (κ3) is 6.38. The van der Waals surface area contributed by atoms with Gasteiger partial charge < -0.3 is 10.2 Å². The lowest BCUT2D eigenvalue weighted by Crippen LogP contribution is -2.47. The highest BCUT2D eigenvalue weighted by Gasteiger charge is 2.19. The Labute approximate surface area is 80.7 Å². The summed E-state index contributed by atoms with van der Waals surface area (Å²) < 4.78 is 0. The van der Waals surface area contributed by atoms with Gasteiger partial charge in [-0.25, -0.2) is 5.43 Å². The Morgan fingerprint density at radius 2 is 2.00 bits per heavy atom. The van der Waals surface area contributed by atoms with Crippen LogP contribution in [0.25, 0.3) is 0 Å². The zero-order valence-corrected chi connectivity index (χ0v) is 7.75. The van der Waals surface area contributed by atoms with Crippen LogP contribution in [0.3, 0.4) is 0 Å². The second-order valence-corrected chi connectivity index (χ2v) is 2.73. The minimum Gasteiger partial charge on any atom is -0.481 e. The number of thiol groups is 1. The van der Waals surface area contributed by atoms with Crippen LogP contribution >= 0.6 is 12.6 Å². The highest BCUT2D eigenvalue weighted by atomic mass is 32.1. The predicted molar refractivity (Wildman–Crippen MR) is 48.7 cm³/mol. The van der Waals surface area contributed by atoms with Gasteiger partial charge in [0.1, 0.15) is 6.04 Å². The van der Waals surface area contributed by atoms with Crippen molar-refractivity contribution in [3.63, 3.8) is 0 Å². The number of carboxylic acid groups (broad SMARTS) is 2. The summed E-state index contributed by atoms with van der Waals surface area (Å²) in [5, 5.41) is 16.9. The van der Waals surface area contributed by atoms with Crippen molar-refractivity contribution in [1.82, 2.24) is 10.9 Å². The van der Waals surface area contributed by atoms with Crippen molar-refractivity contribution >= 4 is 24.6 Å². The highest BCUT2D eigenvalue weighted by Crippen LogP contribution is 1.90. The normalized spacial score (nSPS) is 12.4. The molecule has 0 aliphatic heterocycles. The van der Waals surface area contributed by atoms with Gasteiger partial charge in [-0.15, -0.1) is 0 Å². The van der Waals surface area contributed by atoms with Gasteiger partial charge in [-0.2, -0.15) is 12.6 Å². The molecule has 76 valence electrons. The zero-order valence-electron chi connectivity index (χ0n) is 6.86. The van der Waals surface area contributed by atoms with Gasteiger partial charge in [-0.05, 0) is 0 Å². The Morgan fingerprint density at radius 3 is 2.38 bits per heavy atom. The molecule has 0 rings (SSSR count). The monoisotopic (exact) mass is 208 g/mol. The standard InChI is InChI=1S/C6H12N2O4S/c9-5(10)3-4(6(11)12)8-7-1-2-13/h4,7-8,13H,1-3H2,(H,9,10)(H,11,12)/t4-/m0/s1. The van der Waals surface area contributed by atoms with E-state index in [1.165, 1.54) is 0 Å². The SMILES string of the molecule is O=C(O)C[C@H](NNCCS)C(=O)O. The van der Waals surface area contributed by atoms with Crippen molar-refractivity contribution < 1.29 is 19.8 Å². The van der Waals surface area contributed by atoms with Crippen molar-refractivity contribution in [2.45, 2.75) is 12.5 Å². The first-order chi connectivity index (χ1) is 6.07. The molecule has 0 aromatic rings. The number of nitrogens with one attached hydrogen (secondary N) is 2. The van der Waals surface area contributed by atoms with Gasteiger partial charge >= 0.3 is 11.9 Å². The summed E-state index contributed by atoms with van der Waals surface area (Å²) in [7, 11) is 0. The average Bonchev–Trinajstić information content (AvgIpc) is 2.02. The van der Waals surface area contributed by atoms with Crippen LogP contribution in [0.1, 0.15) is 6.42 Å². The van der Waals surface area contributed by atoms with Crippen molar-refractivity contribution in [2.75, 3.05) is 12.3 Å². The largest absolute Gasteiger partial charge is 0.481 e. The molecule has 6 nitrogen and oxygen atoms in total. The summed E-state index contributed by atoms with van der Waals surface area (Å²) in [4.78, 5) is 20.6. The third-order valence-corrected chi connectivity index (χ3v) is 1.41. The van der Waals surface area contributed by atoms with Gasteiger partial charge in [0.2, 0.25) is 0 Å². The fourth-order valence-corrected chi connectivity index (χ4v) is 0.738. The molecule has 0 fully saturated rings. The summed E-state index contributed by atoms with van der Waals surface area (Å²) in [6, 6.07) is -1.11. The Bertz CT molecular complexity index is 187. The number of aliphatic carboxylic acids is 2. The van der Waals surface area contributed by atoms with Gasteiger partial charge in [-0.1, -0.05) is 0 Å². The van der Waals surface area contributed by atoms with E-state index in [9.17, 15) is 9.59 Å². The molecule has 0 radical (unpaired) electrons. The van der Waals surface area contributed by atoms with E-state index in [-0.39, 0.29) is 0 Å². The van der Waals surface area contributed by atoms with Crippen LogP contribution < -0.4 is 10.9 Å². The molecular weight excluding hydrogens is 196 g/mol. The van der Waals surface area contributed by atoms with Crippen molar-refractivity contribution in [3.8, 4) is 0 Å². The van der Waals surface area contributed by atoms with Crippen LogP contribution in [0.4, 0.5) is 0 Å². The predicted octanol–water partition coefficient (Wildman–Crippen LogP) is -1.06. The number of hydrogen-bond acceptors (Lipinski definition) is 5. The fourth-order valence-electron chi connectivity index (χ4n) is 0.626. The molecule has 0 saturated carbocycles. The smallest absolute Gasteiger partial charge is 0.322 e. The summed E-state index contributed by atoms with van der Waals surface area (Å²) in [6.45, 7) is 0.465. The van der Waals surface area contributed by atoms with Crippen molar-refractivity contribution in [3.05, 3.63) is 0 Å². The van der Waals surface area contributed by atoms with Gasteiger partial charge in [-0.3, -0.25) is 15.0 Å². The maximum absolute atomic E-state index is 10.4. The average molecular weight is 208 g/mol. The first-order valence-corrected chi connectivity index (χ1v) is 4.25. The second kappa shape index (κ2) is 6.70. The molecular formula is C6H12N2O4S. The van der Waals surface area contributed by atoms with Crippen LogP contribution in [-0.4, -0.2) is 40.5 Å². The lowest BCUT2D eigenvalue weighted by Gasteiger charge is -2.12. The quantitative estimate of drug-likeness (QED) is 0.208. The lowest BCUT2D eigenvalue weighted by atomic mass is 10.2. The first-order valence-electron chi connectivity index (χ1n) is 3.61. The van der Waals surface area contributed by atoms with E-state index < -0.39 is 24.4 Å². The van der Waals surface area contributed by atoms with E-state index in [1.54, 1.807) is 0 Å². The fraction of sp³-hybridized carbons (Fsp3) is 0.667. The molecule has 0 aliphatic rings. The minimum atomic E-state index is -1.20. The Hall–Kier alpha value is -0.790. The van der Waals surface area contributed by atoms with Crippen LogP contribution in [0.15, 0.2) is 0 Å². The molecule has 0 amide bonds. The number of carboxylic acids is 2. The first kappa shape index (κ1) is 12.2. The second-order valence-electron chi connectivity index (χ2n) is 2.28. The van der Waals surface area contributed by atoms with Gasteiger partial charge in [0.05, 0.1) is 6.42 Å². The lowest BCUT2D eigenvalue weighted by molar-refractivity contribution is -0.146. The van der Waals surface area contributed by atoms with E-state index in [0.717, 1.165) is 0 Å². The van der Waals surface area contributed by atoms with E-state index >= 15 is 0 Å².